The lowest BCUT2D eigenvalue weighted by atomic mass is 9.90. The summed E-state index contributed by atoms with van der Waals surface area (Å²) in [7, 11) is 0. The van der Waals surface area contributed by atoms with Crippen molar-refractivity contribution in [3.05, 3.63) is 0 Å². The Bertz CT molecular complexity index is 388. The van der Waals surface area contributed by atoms with Crippen LogP contribution in [-0.2, 0) is 9.59 Å². The van der Waals surface area contributed by atoms with Crippen molar-refractivity contribution in [1.82, 2.24) is 10.2 Å². The minimum atomic E-state index is -0.551. The molecule has 2 aliphatic rings. The van der Waals surface area contributed by atoms with Crippen LogP contribution in [0.15, 0.2) is 0 Å². The smallest absolute Gasteiger partial charge is 0.240 e. The van der Waals surface area contributed by atoms with Crippen LogP contribution in [0.3, 0.4) is 0 Å². The quantitative estimate of drug-likeness (QED) is 0.798. The number of carbonyl (C=O) groups excluding carboxylic acids is 2. The molecule has 0 aromatic carbocycles. The molecule has 0 aromatic heterocycles. The maximum atomic E-state index is 12.3. The summed E-state index contributed by atoms with van der Waals surface area (Å²) in [6.45, 7) is 3.19. The fourth-order valence-electron chi connectivity index (χ4n) is 2.96. The summed E-state index contributed by atoms with van der Waals surface area (Å²) in [6.07, 6.45) is 3.13. The van der Waals surface area contributed by atoms with Gasteiger partial charge in [0.2, 0.25) is 11.8 Å². The zero-order valence-electron chi connectivity index (χ0n) is 10.7. The molecule has 0 aliphatic carbocycles. The van der Waals surface area contributed by atoms with Crippen molar-refractivity contribution in [3.8, 4) is 6.07 Å². The first-order valence-corrected chi connectivity index (χ1v) is 6.66. The van der Waals surface area contributed by atoms with E-state index in [0.29, 0.717) is 19.5 Å². The highest BCUT2D eigenvalue weighted by Crippen LogP contribution is 2.28. The number of nitriles is 1. The fraction of sp³-hybridized carbons (Fsp3) is 0.769. The Morgan fingerprint density at radius 3 is 3.11 bits per heavy atom. The molecule has 5 heteroatoms. The van der Waals surface area contributed by atoms with Crippen LogP contribution in [0.1, 0.15) is 32.6 Å². The Hall–Kier alpha value is -1.57. The number of nitrogens with one attached hydrogen (secondary N) is 1. The van der Waals surface area contributed by atoms with Gasteiger partial charge in [-0.05, 0) is 19.3 Å². The molecule has 5 nitrogen and oxygen atoms in total. The zero-order valence-corrected chi connectivity index (χ0v) is 10.7. The Morgan fingerprint density at radius 1 is 1.67 bits per heavy atom. The van der Waals surface area contributed by atoms with Crippen LogP contribution in [0.2, 0.25) is 0 Å². The first-order valence-electron chi connectivity index (χ1n) is 6.66. The van der Waals surface area contributed by atoms with Gasteiger partial charge < -0.3 is 10.2 Å². The minimum Gasteiger partial charge on any atom is -0.354 e. The van der Waals surface area contributed by atoms with E-state index in [1.54, 1.807) is 4.90 Å². The van der Waals surface area contributed by atoms with E-state index in [1.165, 1.54) is 0 Å². The van der Waals surface area contributed by atoms with Crippen molar-refractivity contribution in [2.45, 2.75) is 38.6 Å². The van der Waals surface area contributed by atoms with Gasteiger partial charge in [-0.25, -0.2) is 0 Å². The van der Waals surface area contributed by atoms with Gasteiger partial charge in [0, 0.05) is 13.1 Å². The highest BCUT2D eigenvalue weighted by molar-refractivity contribution is 5.86. The van der Waals surface area contributed by atoms with E-state index in [-0.39, 0.29) is 23.8 Å². The topological polar surface area (TPSA) is 73.2 Å². The van der Waals surface area contributed by atoms with E-state index in [1.807, 2.05) is 6.92 Å². The van der Waals surface area contributed by atoms with Crippen molar-refractivity contribution in [1.29, 1.82) is 5.26 Å². The van der Waals surface area contributed by atoms with Crippen LogP contribution < -0.4 is 5.32 Å². The number of piperidine rings is 1. The first-order chi connectivity index (χ1) is 8.69. The summed E-state index contributed by atoms with van der Waals surface area (Å²) in [6, 6.07) is 2.06. The molecule has 2 fully saturated rings. The molecular weight excluding hydrogens is 230 g/mol. The van der Waals surface area contributed by atoms with Crippen molar-refractivity contribution >= 4 is 11.8 Å². The lowest BCUT2D eigenvalue weighted by Gasteiger charge is -2.36. The van der Waals surface area contributed by atoms with Crippen molar-refractivity contribution in [2.24, 2.45) is 11.8 Å². The van der Waals surface area contributed by atoms with Gasteiger partial charge in [-0.15, -0.1) is 0 Å². The van der Waals surface area contributed by atoms with Gasteiger partial charge >= 0.3 is 0 Å². The number of hydrogen-bond acceptors (Lipinski definition) is 3. The van der Waals surface area contributed by atoms with Gasteiger partial charge in [0.25, 0.3) is 0 Å². The van der Waals surface area contributed by atoms with E-state index >= 15 is 0 Å². The average molecular weight is 249 g/mol. The van der Waals surface area contributed by atoms with Gasteiger partial charge in [-0.3, -0.25) is 9.59 Å². The van der Waals surface area contributed by atoms with Gasteiger partial charge in [0.15, 0.2) is 0 Å². The van der Waals surface area contributed by atoms with Gasteiger partial charge in [0.05, 0.1) is 18.0 Å². The summed E-state index contributed by atoms with van der Waals surface area (Å²) in [4.78, 5) is 25.7. The molecule has 0 aromatic rings. The van der Waals surface area contributed by atoms with Crippen molar-refractivity contribution in [3.63, 3.8) is 0 Å². The second-order valence-electron chi connectivity index (χ2n) is 5.06. The third kappa shape index (κ3) is 2.20. The van der Waals surface area contributed by atoms with Crippen LogP contribution in [0, 0.1) is 23.2 Å². The van der Waals surface area contributed by atoms with Crippen molar-refractivity contribution < 1.29 is 9.59 Å². The normalized spacial score (nSPS) is 28.2. The molecule has 0 spiro atoms. The summed E-state index contributed by atoms with van der Waals surface area (Å²) in [5, 5.41) is 11.9. The largest absolute Gasteiger partial charge is 0.354 e. The molecule has 0 saturated carbocycles. The van der Waals surface area contributed by atoms with Gasteiger partial charge in [0.1, 0.15) is 5.92 Å². The molecule has 2 saturated heterocycles. The molecule has 3 atom stereocenters. The van der Waals surface area contributed by atoms with Crippen LogP contribution in [0.4, 0.5) is 0 Å². The van der Waals surface area contributed by atoms with Gasteiger partial charge in [-0.2, -0.15) is 5.26 Å². The molecule has 2 rings (SSSR count). The van der Waals surface area contributed by atoms with E-state index in [2.05, 4.69) is 11.4 Å². The number of hydrogen-bond donors (Lipinski definition) is 1. The van der Waals surface area contributed by atoms with Crippen LogP contribution in [0.25, 0.3) is 0 Å². The summed E-state index contributed by atoms with van der Waals surface area (Å²) >= 11 is 0. The average Bonchev–Trinajstić information content (AvgIpc) is 2.77. The molecule has 2 heterocycles. The summed E-state index contributed by atoms with van der Waals surface area (Å²) in [5.74, 6) is -0.653. The molecule has 18 heavy (non-hydrogen) atoms. The third-order valence-electron chi connectivity index (χ3n) is 3.92. The molecule has 1 N–H and O–H groups in total. The van der Waals surface area contributed by atoms with E-state index < -0.39 is 5.92 Å². The lowest BCUT2D eigenvalue weighted by Crippen LogP contribution is -2.50. The number of amides is 2. The van der Waals surface area contributed by atoms with Crippen LogP contribution in [0.5, 0.6) is 0 Å². The zero-order chi connectivity index (χ0) is 13.1. The number of carbonyl (C=O) groups is 2. The molecule has 0 radical (unpaired) electrons. The highest BCUT2D eigenvalue weighted by Gasteiger charge is 2.43. The van der Waals surface area contributed by atoms with E-state index in [0.717, 1.165) is 19.3 Å². The third-order valence-corrected chi connectivity index (χ3v) is 3.92. The second kappa shape index (κ2) is 5.38. The highest BCUT2D eigenvalue weighted by atomic mass is 16.2. The molecule has 98 valence electrons. The standard InChI is InChI=1S/C13H19N3O2/c1-2-4-9(7-14)13(18)16-6-3-5-10-11(16)8-15-12(10)17/h9-11H,2-6,8H2,1H3,(H,15,17). The molecule has 2 aliphatic heterocycles. The van der Waals surface area contributed by atoms with E-state index in [4.69, 9.17) is 5.26 Å². The fourth-order valence-corrected chi connectivity index (χ4v) is 2.96. The van der Waals surface area contributed by atoms with Crippen LogP contribution >= 0.6 is 0 Å². The maximum Gasteiger partial charge on any atom is 0.240 e. The predicted octanol–water partition coefficient (Wildman–Crippen LogP) is 0.663. The predicted molar refractivity (Wildman–Crippen MR) is 65.2 cm³/mol. The first kappa shape index (κ1) is 12.9. The number of rotatable bonds is 3. The number of likely N-dealkylation sites (tertiary alicyclic amines) is 1. The van der Waals surface area contributed by atoms with E-state index in [9.17, 15) is 9.59 Å². The molecule has 0 bridgehead atoms. The summed E-state index contributed by atoms with van der Waals surface area (Å²) in [5.41, 5.74) is 0. The lowest BCUT2D eigenvalue weighted by molar-refractivity contribution is -0.139. The van der Waals surface area contributed by atoms with Gasteiger partial charge in [-0.1, -0.05) is 13.3 Å². The minimum absolute atomic E-state index is 0.0357. The number of nitrogens with zero attached hydrogens (tertiary/aromatic N) is 2. The van der Waals surface area contributed by atoms with Crippen LogP contribution in [-0.4, -0.2) is 35.8 Å². The monoisotopic (exact) mass is 249 g/mol. The Morgan fingerprint density at radius 2 is 2.44 bits per heavy atom. The molecular formula is C13H19N3O2. The van der Waals surface area contributed by atoms with Crippen molar-refractivity contribution in [2.75, 3.05) is 13.1 Å². The Kier molecular flexibility index (Phi) is 3.85. The second-order valence-corrected chi connectivity index (χ2v) is 5.06. The maximum absolute atomic E-state index is 12.3. The number of fused-ring (bicyclic) bond motifs is 1. The molecule has 3 unspecified atom stereocenters. The Balaban J connectivity index is 2.10. The SMILES string of the molecule is CCCC(C#N)C(=O)N1CCCC2C(=O)NCC21. The summed E-state index contributed by atoms with van der Waals surface area (Å²) < 4.78 is 0. The Labute approximate surface area is 107 Å². The molecule has 2 amide bonds.